The van der Waals surface area contributed by atoms with Crippen molar-refractivity contribution < 1.29 is 33.7 Å². The largest absolute Gasteiger partial charge is 0.488 e. The van der Waals surface area contributed by atoms with Crippen molar-refractivity contribution in [2.45, 2.75) is 45.6 Å². The molecule has 2 rings (SSSR count). The number of carbonyl (C=O) groups excluding carboxylic acids is 2. The highest BCUT2D eigenvalue weighted by atomic mass is 35.5. The summed E-state index contributed by atoms with van der Waals surface area (Å²) in [6, 6.07) is 5.58. The maximum Gasteiger partial charge on any atom is 0.413 e. The molecule has 0 aliphatic carbocycles. The number of esters is 1. The third-order valence-electron chi connectivity index (χ3n) is 3.90. The minimum atomic E-state index is -1.17. The maximum atomic E-state index is 12.3. The molecule has 0 bridgehead atoms. The van der Waals surface area contributed by atoms with E-state index in [1.165, 1.54) is 6.92 Å². The summed E-state index contributed by atoms with van der Waals surface area (Å²) in [6.07, 6.45) is -2.46. The maximum absolute atomic E-state index is 12.3. The quantitative estimate of drug-likeness (QED) is 0.579. The third kappa shape index (κ3) is 5.75. The van der Waals surface area contributed by atoms with Crippen molar-refractivity contribution in [3.63, 3.8) is 0 Å². The Morgan fingerprint density at radius 2 is 1.93 bits per heavy atom. The van der Waals surface area contributed by atoms with E-state index in [0.717, 1.165) is 4.90 Å². The standard InChI is InChI=1S/C18H22ClNO7/c1-10(2)17(23)25-11(3)26-18(24)20-9-14(8-15(20)16(21)22)27-13-6-4-5-12(19)7-13/h4-7,10-11,14-15H,8-9H2,1-3H3,(H,21,22)/t11-,14+,15+/m1/s1. The first kappa shape index (κ1) is 20.8. The molecule has 1 aromatic rings. The van der Waals surface area contributed by atoms with E-state index in [-0.39, 0.29) is 18.9 Å². The Morgan fingerprint density at radius 3 is 2.52 bits per heavy atom. The average Bonchev–Trinajstić information content (AvgIpc) is 2.98. The molecule has 1 fully saturated rings. The topological polar surface area (TPSA) is 102 Å². The Bertz CT molecular complexity index is 709. The van der Waals surface area contributed by atoms with Crippen molar-refractivity contribution in [1.29, 1.82) is 0 Å². The van der Waals surface area contributed by atoms with Gasteiger partial charge in [0, 0.05) is 18.4 Å². The number of hydrogen-bond acceptors (Lipinski definition) is 6. The van der Waals surface area contributed by atoms with E-state index in [4.69, 9.17) is 25.8 Å². The molecule has 0 aromatic heterocycles. The number of ether oxygens (including phenoxy) is 3. The Labute approximate surface area is 161 Å². The highest BCUT2D eigenvalue weighted by Crippen LogP contribution is 2.26. The second-order valence-corrected chi connectivity index (χ2v) is 6.92. The number of aliphatic carboxylic acids is 1. The normalized spacial score (nSPS) is 20.3. The molecule has 1 aliphatic rings. The first-order valence-corrected chi connectivity index (χ1v) is 8.88. The van der Waals surface area contributed by atoms with Crippen molar-refractivity contribution in [3.05, 3.63) is 29.3 Å². The van der Waals surface area contributed by atoms with Crippen LogP contribution in [0.2, 0.25) is 5.02 Å². The Kier molecular flexibility index (Phi) is 6.90. The lowest BCUT2D eigenvalue weighted by Crippen LogP contribution is -2.42. The van der Waals surface area contributed by atoms with Gasteiger partial charge in [0.25, 0.3) is 0 Å². The molecule has 8 nitrogen and oxygen atoms in total. The highest BCUT2D eigenvalue weighted by Gasteiger charge is 2.42. The molecule has 0 saturated carbocycles. The lowest BCUT2D eigenvalue weighted by molar-refractivity contribution is -0.170. The number of hydrogen-bond donors (Lipinski definition) is 1. The Balaban J connectivity index is 2.00. The van der Waals surface area contributed by atoms with Gasteiger partial charge in [-0.05, 0) is 18.2 Å². The smallest absolute Gasteiger partial charge is 0.413 e. The van der Waals surface area contributed by atoms with Crippen LogP contribution in [0.5, 0.6) is 5.75 Å². The van der Waals surface area contributed by atoms with E-state index >= 15 is 0 Å². The van der Waals surface area contributed by atoms with Crippen LogP contribution in [0.1, 0.15) is 27.2 Å². The van der Waals surface area contributed by atoms with Gasteiger partial charge in [0.05, 0.1) is 12.5 Å². The molecule has 0 radical (unpaired) electrons. The van der Waals surface area contributed by atoms with Gasteiger partial charge in [0.15, 0.2) is 0 Å². The zero-order valence-electron chi connectivity index (χ0n) is 15.3. The number of likely N-dealkylation sites (tertiary alicyclic amines) is 1. The molecule has 27 heavy (non-hydrogen) atoms. The first-order chi connectivity index (χ1) is 12.7. The van der Waals surface area contributed by atoms with Crippen LogP contribution in [0.25, 0.3) is 0 Å². The molecule has 1 N–H and O–H groups in total. The number of carboxylic acid groups (broad SMARTS) is 1. The van der Waals surface area contributed by atoms with Gasteiger partial charge in [-0.25, -0.2) is 9.59 Å². The van der Waals surface area contributed by atoms with Crippen LogP contribution in [0, 0.1) is 5.92 Å². The molecule has 1 aromatic carbocycles. The van der Waals surface area contributed by atoms with Crippen LogP contribution in [0.15, 0.2) is 24.3 Å². The monoisotopic (exact) mass is 399 g/mol. The Morgan fingerprint density at radius 1 is 1.22 bits per heavy atom. The van der Waals surface area contributed by atoms with E-state index in [1.54, 1.807) is 38.1 Å². The molecule has 1 amide bonds. The van der Waals surface area contributed by atoms with Crippen molar-refractivity contribution in [2.75, 3.05) is 6.54 Å². The van der Waals surface area contributed by atoms with Crippen LogP contribution >= 0.6 is 11.6 Å². The van der Waals surface area contributed by atoms with Crippen molar-refractivity contribution in [2.24, 2.45) is 5.92 Å². The van der Waals surface area contributed by atoms with Gasteiger partial charge in [0.2, 0.25) is 6.29 Å². The molecule has 0 spiro atoms. The fraction of sp³-hybridized carbons (Fsp3) is 0.500. The van der Waals surface area contributed by atoms with Gasteiger partial charge < -0.3 is 19.3 Å². The molecule has 1 heterocycles. The number of amides is 1. The summed E-state index contributed by atoms with van der Waals surface area (Å²) in [6.45, 7) is 4.71. The van der Waals surface area contributed by atoms with Gasteiger partial charge in [0.1, 0.15) is 17.9 Å². The van der Waals surface area contributed by atoms with E-state index in [0.29, 0.717) is 10.8 Å². The summed E-state index contributed by atoms with van der Waals surface area (Å²) >= 11 is 5.91. The predicted octanol–water partition coefficient (Wildman–Crippen LogP) is 2.93. The molecular weight excluding hydrogens is 378 g/mol. The van der Waals surface area contributed by atoms with Crippen LogP contribution in [-0.2, 0) is 19.1 Å². The first-order valence-electron chi connectivity index (χ1n) is 8.50. The van der Waals surface area contributed by atoms with Crippen molar-refractivity contribution >= 4 is 29.6 Å². The average molecular weight is 400 g/mol. The number of carboxylic acids is 1. The summed E-state index contributed by atoms with van der Waals surface area (Å²) in [5.41, 5.74) is 0. The van der Waals surface area contributed by atoms with Crippen molar-refractivity contribution in [1.82, 2.24) is 4.90 Å². The molecule has 0 unspecified atom stereocenters. The van der Waals surface area contributed by atoms with Gasteiger partial charge in [-0.15, -0.1) is 0 Å². The van der Waals surface area contributed by atoms with Gasteiger partial charge in [-0.1, -0.05) is 31.5 Å². The van der Waals surface area contributed by atoms with Gasteiger partial charge >= 0.3 is 18.0 Å². The summed E-state index contributed by atoms with van der Waals surface area (Å²) in [5.74, 6) is -1.59. The van der Waals surface area contributed by atoms with Crippen molar-refractivity contribution in [3.8, 4) is 5.75 Å². The summed E-state index contributed by atoms with van der Waals surface area (Å²) < 4.78 is 15.8. The summed E-state index contributed by atoms with van der Waals surface area (Å²) in [7, 11) is 0. The molecule has 148 valence electrons. The number of carbonyl (C=O) groups is 3. The number of rotatable bonds is 6. The summed E-state index contributed by atoms with van der Waals surface area (Å²) in [5, 5.41) is 9.89. The SMILES string of the molecule is CC(C)C(=O)O[C@@H](C)OC(=O)N1C[C@@H](Oc2cccc(Cl)c2)C[C@H]1C(=O)O. The lowest BCUT2D eigenvalue weighted by atomic mass is 10.2. The Hall–Kier alpha value is -2.48. The lowest BCUT2D eigenvalue weighted by Gasteiger charge is -2.23. The van der Waals surface area contributed by atoms with E-state index < -0.39 is 36.5 Å². The molecular formula is C18H22ClNO7. The zero-order valence-corrected chi connectivity index (χ0v) is 16.0. The zero-order chi connectivity index (χ0) is 20.1. The van der Waals surface area contributed by atoms with Crippen LogP contribution in [0.3, 0.4) is 0 Å². The predicted molar refractivity (Wildman–Crippen MR) is 95.5 cm³/mol. The second kappa shape index (κ2) is 8.94. The summed E-state index contributed by atoms with van der Waals surface area (Å²) in [4.78, 5) is 36.5. The van der Waals surface area contributed by atoms with E-state index in [2.05, 4.69) is 0 Å². The van der Waals surface area contributed by atoms with Crippen LogP contribution in [0.4, 0.5) is 4.79 Å². The molecule has 1 saturated heterocycles. The molecule has 9 heteroatoms. The van der Waals surface area contributed by atoms with Gasteiger partial charge in [-0.3, -0.25) is 9.69 Å². The minimum absolute atomic E-state index is 0.0210. The molecule has 3 atom stereocenters. The van der Waals surface area contributed by atoms with E-state index in [9.17, 15) is 19.5 Å². The fourth-order valence-corrected chi connectivity index (χ4v) is 2.77. The van der Waals surface area contributed by atoms with E-state index in [1.807, 2.05) is 0 Å². The van der Waals surface area contributed by atoms with Crippen LogP contribution in [-0.4, -0.2) is 53.0 Å². The molecule has 1 aliphatic heterocycles. The second-order valence-electron chi connectivity index (χ2n) is 6.48. The van der Waals surface area contributed by atoms with Crippen LogP contribution < -0.4 is 4.74 Å². The third-order valence-corrected chi connectivity index (χ3v) is 4.14. The number of benzene rings is 1. The minimum Gasteiger partial charge on any atom is -0.488 e. The number of nitrogens with zero attached hydrogens (tertiary/aromatic N) is 1. The fourth-order valence-electron chi connectivity index (χ4n) is 2.58. The number of halogens is 1. The van der Waals surface area contributed by atoms with Gasteiger partial charge in [-0.2, -0.15) is 0 Å². The highest BCUT2D eigenvalue weighted by molar-refractivity contribution is 6.30.